The SMILES string of the molecule is COc1ccc2c(c1OC)C(=O)O[C@H]2N1C(=O)CC[C@H]1C(=O)Nc1ccc(Br)cc1Br. The van der Waals surface area contributed by atoms with E-state index in [0.29, 0.717) is 27.9 Å². The molecular weight excluding hydrogens is 536 g/mol. The van der Waals surface area contributed by atoms with Crippen molar-refractivity contribution in [3.8, 4) is 11.5 Å². The fraction of sp³-hybridized carbons (Fsp3) is 0.286. The Kier molecular flexibility index (Phi) is 5.94. The first-order valence-corrected chi connectivity index (χ1v) is 11.0. The second-order valence-corrected chi connectivity index (χ2v) is 8.76. The number of anilines is 1. The first kappa shape index (κ1) is 21.6. The molecule has 31 heavy (non-hydrogen) atoms. The second kappa shape index (κ2) is 8.51. The monoisotopic (exact) mass is 552 g/mol. The Morgan fingerprint density at radius 3 is 2.61 bits per heavy atom. The lowest BCUT2D eigenvalue weighted by Gasteiger charge is -2.29. The molecule has 0 aliphatic carbocycles. The summed E-state index contributed by atoms with van der Waals surface area (Å²) in [6.07, 6.45) is -0.521. The predicted octanol–water partition coefficient (Wildman–Crippen LogP) is 4.03. The van der Waals surface area contributed by atoms with Gasteiger partial charge in [0.05, 0.1) is 19.9 Å². The van der Waals surface area contributed by atoms with E-state index in [1.807, 2.05) is 6.07 Å². The summed E-state index contributed by atoms with van der Waals surface area (Å²) in [6.45, 7) is 0. The van der Waals surface area contributed by atoms with E-state index < -0.39 is 18.2 Å². The molecule has 2 heterocycles. The highest BCUT2D eigenvalue weighted by molar-refractivity contribution is 9.11. The van der Waals surface area contributed by atoms with Crippen molar-refractivity contribution in [2.24, 2.45) is 0 Å². The maximum Gasteiger partial charge on any atom is 0.344 e. The van der Waals surface area contributed by atoms with Gasteiger partial charge in [0.1, 0.15) is 11.6 Å². The van der Waals surface area contributed by atoms with Crippen LogP contribution in [0.4, 0.5) is 5.69 Å². The van der Waals surface area contributed by atoms with Gasteiger partial charge in [0.15, 0.2) is 11.5 Å². The number of hydrogen-bond donors (Lipinski definition) is 1. The normalized spacial score (nSPS) is 19.8. The van der Waals surface area contributed by atoms with Gasteiger partial charge in [-0.3, -0.25) is 14.5 Å². The third-order valence-electron chi connectivity index (χ3n) is 5.27. The Morgan fingerprint density at radius 1 is 1.16 bits per heavy atom. The summed E-state index contributed by atoms with van der Waals surface area (Å²) >= 11 is 6.79. The maximum atomic E-state index is 13.1. The number of carbonyl (C=O) groups is 3. The van der Waals surface area contributed by atoms with Crippen LogP contribution in [-0.2, 0) is 14.3 Å². The van der Waals surface area contributed by atoms with Crippen LogP contribution in [0, 0.1) is 0 Å². The maximum absolute atomic E-state index is 13.1. The highest BCUT2D eigenvalue weighted by atomic mass is 79.9. The number of hydrogen-bond acceptors (Lipinski definition) is 6. The molecule has 2 aromatic carbocycles. The lowest BCUT2D eigenvalue weighted by Crippen LogP contribution is -2.43. The first-order valence-electron chi connectivity index (χ1n) is 9.38. The largest absolute Gasteiger partial charge is 0.493 e. The van der Waals surface area contributed by atoms with Crippen LogP contribution in [0.15, 0.2) is 39.3 Å². The smallest absolute Gasteiger partial charge is 0.344 e. The third kappa shape index (κ3) is 3.78. The minimum atomic E-state index is -1.01. The average molecular weight is 554 g/mol. The number of rotatable bonds is 5. The Hall–Kier alpha value is -2.59. The Labute approximate surface area is 195 Å². The average Bonchev–Trinajstić information content (AvgIpc) is 3.29. The number of cyclic esters (lactones) is 1. The zero-order chi connectivity index (χ0) is 22.3. The molecule has 0 spiro atoms. The lowest BCUT2D eigenvalue weighted by molar-refractivity contribution is -0.144. The summed E-state index contributed by atoms with van der Waals surface area (Å²) in [5, 5.41) is 2.84. The van der Waals surface area contributed by atoms with E-state index in [0.717, 1.165) is 4.47 Å². The van der Waals surface area contributed by atoms with Crippen molar-refractivity contribution in [3.05, 3.63) is 50.4 Å². The topological polar surface area (TPSA) is 94.2 Å². The summed E-state index contributed by atoms with van der Waals surface area (Å²) in [6, 6.07) is 7.85. The number of nitrogens with one attached hydrogen (secondary N) is 1. The molecule has 0 saturated carbocycles. The molecular formula is C21H18Br2N2O6. The zero-order valence-electron chi connectivity index (χ0n) is 16.6. The predicted molar refractivity (Wildman–Crippen MR) is 118 cm³/mol. The van der Waals surface area contributed by atoms with Gasteiger partial charge >= 0.3 is 5.97 Å². The number of halogens is 2. The van der Waals surface area contributed by atoms with Crippen molar-refractivity contribution >= 4 is 55.3 Å². The van der Waals surface area contributed by atoms with Gasteiger partial charge in [0, 0.05) is 20.9 Å². The fourth-order valence-corrected chi connectivity index (χ4v) is 5.00. The van der Waals surface area contributed by atoms with Crippen molar-refractivity contribution in [3.63, 3.8) is 0 Å². The van der Waals surface area contributed by atoms with Gasteiger partial charge in [-0.1, -0.05) is 15.9 Å². The van der Waals surface area contributed by atoms with Crippen LogP contribution in [-0.4, -0.2) is 42.9 Å². The third-order valence-corrected chi connectivity index (χ3v) is 6.42. The van der Waals surface area contributed by atoms with Gasteiger partial charge in [-0.25, -0.2) is 4.79 Å². The molecule has 2 amide bonds. The molecule has 2 aliphatic rings. The molecule has 1 saturated heterocycles. The minimum Gasteiger partial charge on any atom is -0.493 e. The van der Waals surface area contributed by atoms with Gasteiger partial charge in [0.25, 0.3) is 0 Å². The van der Waals surface area contributed by atoms with Crippen molar-refractivity contribution in [2.75, 3.05) is 19.5 Å². The van der Waals surface area contributed by atoms with E-state index in [-0.39, 0.29) is 29.5 Å². The summed E-state index contributed by atoms with van der Waals surface area (Å²) in [7, 11) is 2.89. The lowest BCUT2D eigenvalue weighted by atomic mass is 10.1. The Bertz CT molecular complexity index is 1090. The Morgan fingerprint density at radius 2 is 1.94 bits per heavy atom. The minimum absolute atomic E-state index is 0.177. The van der Waals surface area contributed by atoms with Crippen LogP contribution in [0.2, 0.25) is 0 Å². The molecule has 1 fully saturated rings. The number of likely N-dealkylation sites (tertiary alicyclic amines) is 1. The number of fused-ring (bicyclic) bond motifs is 1. The van der Waals surface area contributed by atoms with Crippen molar-refractivity contribution in [1.82, 2.24) is 4.90 Å². The summed E-state index contributed by atoms with van der Waals surface area (Å²) in [4.78, 5) is 39.7. The fourth-order valence-electron chi connectivity index (χ4n) is 3.85. The number of carbonyl (C=O) groups excluding carboxylic acids is 3. The van der Waals surface area contributed by atoms with Gasteiger partial charge in [0.2, 0.25) is 18.0 Å². The summed E-state index contributed by atoms with van der Waals surface area (Å²) in [5.41, 5.74) is 1.23. The van der Waals surface area contributed by atoms with E-state index in [4.69, 9.17) is 14.2 Å². The van der Waals surface area contributed by atoms with Crippen LogP contribution in [0.25, 0.3) is 0 Å². The van der Waals surface area contributed by atoms with E-state index in [1.54, 1.807) is 24.3 Å². The molecule has 162 valence electrons. The molecule has 0 aromatic heterocycles. The Balaban J connectivity index is 1.65. The van der Waals surface area contributed by atoms with Crippen molar-refractivity contribution < 1.29 is 28.6 Å². The highest BCUT2D eigenvalue weighted by Gasteiger charge is 2.47. The number of amides is 2. The van der Waals surface area contributed by atoms with Crippen LogP contribution < -0.4 is 14.8 Å². The molecule has 2 atom stereocenters. The summed E-state index contributed by atoms with van der Waals surface area (Å²) < 4.78 is 17.7. The summed E-state index contributed by atoms with van der Waals surface area (Å²) in [5.74, 6) is -0.653. The quantitative estimate of drug-likeness (QED) is 0.562. The molecule has 0 unspecified atom stereocenters. The number of esters is 1. The number of ether oxygens (including phenoxy) is 3. The zero-order valence-corrected chi connectivity index (χ0v) is 19.8. The van der Waals surface area contributed by atoms with Gasteiger partial charge < -0.3 is 19.5 Å². The van der Waals surface area contributed by atoms with Gasteiger partial charge in [-0.2, -0.15) is 0 Å². The van der Waals surface area contributed by atoms with Gasteiger partial charge in [-0.05, 0) is 52.7 Å². The number of methoxy groups -OCH3 is 2. The van der Waals surface area contributed by atoms with Crippen molar-refractivity contribution in [2.45, 2.75) is 25.1 Å². The van der Waals surface area contributed by atoms with Crippen LogP contribution in [0.3, 0.4) is 0 Å². The molecule has 0 radical (unpaired) electrons. The van der Waals surface area contributed by atoms with Crippen molar-refractivity contribution in [1.29, 1.82) is 0 Å². The van der Waals surface area contributed by atoms with E-state index >= 15 is 0 Å². The van der Waals surface area contributed by atoms with E-state index in [9.17, 15) is 14.4 Å². The molecule has 0 bridgehead atoms. The molecule has 4 rings (SSSR count). The molecule has 2 aliphatic heterocycles. The molecule has 10 heteroatoms. The second-order valence-electron chi connectivity index (χ2n) is 6.99. The highest BCUT2D eigenvalue weighted by Crippen LogP contribution is 2.45. The van der Waals surface area contributed by atoms with Gasteiger partial charge in [-0.15, -0.1) is 0 Å². The number of benzene rings is 2. The first-order chi connectivity index (χ1) is 14.8. The van der Waals surface area contributed by atoms with E-state index in [1.165, 1.54) is 19.1 Å². The molecule has 1 N–H and O–H groups in total. The van der Waals surface area contributed by atoms with Crippen LogP contribution >= 0.6 is 31.9 Å². The van der Waals surface area contributed by atoms with E-state index in [2.05, 4.69) is 37.2 Å². The standard InChI is InChI=1S/C21H18Br2N2O6/c1-29-15-7-4-11-17(18(15)30-2)21(28)31-20(11)25-14(6-8-16(25)26)19(27)24-13-5-3-10(22)9-12(13)23/h3-5,7,9,14,20H,6,8H2,1-2H3,(H,24,27)/t14-,20+/m0/s1. The van der Waals surface area contributed by atoms with Crippen LogP contribution in [0.1, 0.15) is 35.0 Å². The number of nitrogens with zero attached hydrogens (tertiary/aromatic N) is 1. The molecule has 2 aromatic rings. The van der Waals surface area contributed by atoms with Crippen LogP contribution in [0.5, 0.6) is 11.5 Å². The molecule has 8 nitrogen and oxygen atoms in total.